The molecule has 0 N–H and O–H groups in total. The Morgan fingerprint density at radius 2 is 1.79 bits per heavy atom. The molecule has 3 heteroatoms. The summed E-state index contributed by atoms with van der Waals surface area (Å²) in [5.41, 5.74) is 1.29. The Kier molecular flexibility index (Phi) is 6.02. The Labute approximate surface area is 116 Å². The lowest BCUT2D eigenvalue weighted by Gasteiger charge is -2.28. The van der Waals surface area contributed by atoms with Gasteiger partial charge in [-0.3, -0.25) is 0 Å². The highest BCUT2D eigenvalue weighted by Crippen LogP contribution is 2.20. The van der Waals surface area contributed by atoms with Gasteiger partial charge in [0.15, 0.2) is 0 Å². The fraction of sp³-hybridized carbons (Fsp3) is 0.625. The maximum Gasteiger partial charge on any atom is 0.119 e. The first-order chi connectivity index (χ1) is 9.40. The number of piperazine rings is 1. The normalized spacial score (nSPS) is 15.5. The van der Waals surface area contributed by atoms with Gasteiger partial charge in [0.05, 0.1) is 6.61 Å². The number of ether oxygens (including phenoxy) is 1. The standard InChI is InChI=1S/C16H25N2O/c1-2-3-4-5-14-19-16-8-6-15(7-9-16)18-12-10-17-11-13-18/h6-9H,2-5,10-14H2,1H3. The highest BCUT2D eigenvalue weighted by molar-refractivity contribution is 5.49. The van der Waals surface area contributed by atoms with Gasteiger partial charge in [0, 0.05) is 31.9 Å². The number of benzene rings is 1. The SMILES string of the molecule is CCCCCCOc1ccc(N2CC[N]CC2)cc1. The van der Waals surface area contributed by atoms with Crippen molar-refractivity contribution in [1.82, 2.24) is 5.32 Å². The van der Waals surface area contributed by atoms with Crippen molar-refractivity contribution in [3.05, 3.63) is 24.3 Å². The minimum atomic E-state index is 0.835. The quantitative estimate of drug-likeness (QED) is 0.705. The number of rotatable bonds is 7. The van der Waals surface area contributed by atoms with Gasteiger partial charge in [0.25, 0.3) is 0 Å². The maximum absolute atomic E-state index is 5.76. The first kappa shape index (κ1) is 14.2. The first-order valence-electron chi connectivity index (χ1n) is 7.51. The molecule has 1 aromatic rings. The van der Waals surface area contributed by atoms with Crippen LogP contribution < -0.4 is 15.0 Å². The van der Waals surface area contributed by atoms with Gasteiger partial charge < -0.3 is 9.64 Å². The van der Waals surface area contributed by atoms with E-state index in [1.165, 1.54) is 24.9 Å². The Bertz CT molecular complexity index is 344. The van der Waals surface area contributed by atoms with E-state index in [9.17, 15) is 0 Å². The van der Waals surface area contributed by atoms with Gasteiger partial charge in [-0.05, 0) is 30.7 Å². The van der Waals surface area contributed by atoms with Crippen molar-refractivity contribution >= 4 is 5.69 Å². The van der Waals surface area contributed by atoms with Crippen LogP contribution in [0.3, 0.4) is 0 Å². The zero-order valence-electron chi connectivity index (χ0n) is 12.0. The molecule has 1 aliphatic rings. The van der Waals surface area contributed by atoms with Gasteiger partial charge in [-0.25, -0.2) is 5.32 Å². The smallest absolute Gasteiger partial charge is 0.119 e. The number of hydrogen-bond donors (Lipinski definition) is 0. The summed E-state index contributed by atoms with van der Waals surface area (Å²) in [6, 6.07) is 8.49. The predicted molar refractivity (Wildman–Crippen MR) is 80.2 cm³/mol. The molecular formula is C16H25N2O. The van der Waals surface area contributed by atoms with Crippen molar-refractivity contribution in [2.24, 2.45) is 0 Å². The predicted octanol–water partition coefficient (Wildman–Crippen LogP) is 3.07. The van der Waals surface area contributed by atoms with Gasteiger partial charge in [-0.1, -0.05) is 26.2 Å². The molecule has 2 rings (SSSR count). The Balaban J connectivity index is 1.74. The monoisotopic (exact) mass is 261 g/mol. The second kappa shape index (κ2) is 8.05. The Morgan fingerprint density at radius 3 is 2.47 bits per heavy atom. The van der Waals surface area contributed by atoms with Crippen LogP contribution in [0, 0.1) is 0 Å². The van der Waals surface area contributed by atoms with E-state index in [0.29, 0.717) is 0 Å². The first-order valence-corrected chi connectivity index (χ1v) is 7.51. The molecule has 0 amide bonds. The van der Waals surface area contributed by atoms with Gasteiger partial charge >= 0.3 is 0 Å². The van der Waals surface area contributed by atoms with Crippen LogP contribution in [0.25, 0.3) is 0 Å². The van der Waals surface area contributed by atoms with Crippen LogP contribution in [-0.4, -0.2) is 32.8 Å². The molecule has 0 aromatic heterocycles. The molecule has 0 unspecified atom stereocenters. The van der Waals surface area contributed by atoms with E-state index in [1.54, 1.807) is 0 Å². The van der Waals surface area contributed by atoms with Crippen LogP contribution in [-0.2, 0) is 0 Å². The van der Waals surface area contributed by atoms with E-state index in [0.717, 1.165) is 45.0 Å². The highest BCUT2D eigenvalue weighted by atomic mass is 16.5. The Morgan fingerprint density at radius 1 is 1.05 bits per heavy atom. The molecule has 1 heterocycles. The summed E-state index contributed by atoms with van der Waals surface area (Å²) < 4.78 is 5.76. The molecule has 1 fully saturated rings. The molecule has 0 saturated carbocycles. The molecule has 1 aromatic carbocycles. The summed E-state index contributed by atoms with van der Waals surface area (Å²) in [5.74, 6) is 0.988. The summed E-state index contributed by atoms with van der Waals surface area (Å²) in [7, 11) is 0. The second-order valence-electron chi connectivity index (χ2n) is 5.06. The van der Waals surface area contributed by atoms with E-state index in [2.05, 4.69) is 41.4 Å². The Hall–Kier alpha value is -1.22. The van der Waals surface area contributed by atoms with E-state index in [1.807, 2.05) is 0 Å². The lowest BCUT2D eigenvalue weighted by molar-refractivity contribution is 0.305. The molecule has 1 saturated heterocycles. The topological polar surface area (TPSA) is 26.6 Å². The van der Waals surface area contributed by atoms with Crippen molar-refractivity contribution in [1.29, 1.82) is 0 Å². The summed E-state index contributed by atoms with van der Waals surface area (Å²) in [6.45, 7) is 7.05. The highest BCUT2D eigenvalue weighted by Gasteiger charge is 2.10. The van der Waals surface area contributed by atoms with Crippen molar-refractivity contribution in [3.63, 3.8) is 0 Å². The van der Waals surface area contributed by atoms with Gasteiger partial charge in [0.1, 0.15) is 5.75 Å². The lowest BCUT2D eigenvalue weighted by Crippen LogP contribution is -2.40. The summed E-state index contributed by atoms with van der Waals surface area (Å²) in [4.78, 5) is 2.39. The molecule has 3 nitrogen and oxygen atoms in total. The minimum Gasteiger partial charge on any atom is -0.494 e. The van der Waals surface area contributed by atoms with E-state index >= 15 is 0 Å². The van der Waals surface area contributed by atoms with E-state index in [-0.39, 0.29) is 0 Å². The summed E-state index contributed by atoms with van der Waals surface area (Å²) in [5, 5.41) is 4.37. The fourth-order valence-corrected chi connectivity index (χ4v) is 2.34. The van der Waals surface area contributed by atoms with Gasteiger partial charge in [0.2, 0.25) is 0 Å². The van der Waals surface area contributed by atoms with E-state index < -0.39 is 0 Å². The van der Waals surface area contributed by atoms with Crippen LogP contribution in [0.4, 0.5) is 5.69 Å². The molecule has 1 aliphatic heterocycles. The lowest BCUT2D eigenvalue weighted by atomic mass is 10.2. The van der Waals surface area contributed by atoms with Gasteiger partial charge in [-0.2, -0.15) is 0 Å². The zero-order valence-corrected chi connectivity index (χ0v) is 12.0. The summed E-state index contributed by atoms with van der Waals surface area (Å²) >= 11 is 0. The molecule has 0 atom stereocenters. The van der Waals surface area contributed by atoms with Crippen LogP contribution in [0.2, 0.25) is 0 Å². The molecule has 105 valence electrons. The number of anilines is 1. The number of unbranched alkanes of at least 4 members (excludes halogenated alkanes) is 3. The summed E-state index contributed by atoms with van der Waals surface area (Å²) in [6.07, 6.45) is 5.01. The average molecular weight is 261 g/mol. The molecule has 1 radical (unpaired) electrons. The van der Waals surface area contributed by atoms with Crippen molar-refractivity contribution in [3.8, 4) is 5.75 Å². The molecule has 19 heavy (non-hydrogen) atoms. The van der Waals surface area contributed by atoms with Crippen LogP contribution in [0.15, 0.2) is 24.3 Å². The third-order valence-corrected chi connectivity index (χ3v) is 3.52. The van der Waals surface area contributed by atoms with Crippen molar-refractivity contribution < 1.29 is 4.74 Å². The molecule has 0 spiro atoms. The number of nitrogens with zero attached hydrogens (tertiary/aromatic N) is 2. The molecule has 0 aliphatic carbocycles. The van der Waals surface area contributed by atoms with E-state index in [4.69, 9.17) is 4.74 Å². The average Bonchev–Trinajstić information content (AvgIpc) is 2.49. The van der Waals surface area contributed by atoms with Crippen molar-refractivity contribution in [2.75, 3.05) is 37.7 Å². The minimum absolute atomic E-state index is 0.835. The van der Waals surface area contributed by atoms with Crippen LogP contribution in [0.1, 0.15) is 32.6 Å². The van der Waals surface area contributed by atoms with Crippen LogP contribution in [0.5, 0.6) is 5.75 Å². The molecular weight excluding hydrogens is 236 g/mol. The number of hydrogen-bond acceptors (Lipinski definition) is 2. The van der Waals surface area contributed by atoms with Crippen molar-refractivity contribution in [2.45, 2.75) is 32.6 Å². The van der Waals surface area contributed by atoms with Crippen LogP contribution >= 0.6 is 0 Å². The fourth-order valence-electron chi connectivity index (χ4n) is 2.34. The maximum atomic E-state index is 5.76. The largest absolute Gasteiger partial charge is 0.494 e. The van der Waals surface area contributed by atoms with Gasteiger partial charge in [-0.15, -0.1) is 0 Å². The second-order valence-corrected chi connectivity index (χ2v) is 5.06. The molecule has 0 bridgehead atoms. The third-order valence-electron chi connectivity index (χ3n) is 3.52. The third kappa shape index (κ3) is 4.75. The zero-order chi connectivity index (χ0) is 13.3.